The molecule has 1 fully saturated rings. The molecule has 8 heteroatoms. The molecule has 0 aliphatic carbocycles. The van der Waals surface area contributed by atoms with Crippen LogP contribution in [-0.2, 0) is 31.2 Å². The molecule has 0 saturated carbocycles. The fraction of sp³-hybridized carbons (Fsp3) is 0.500. The molecule has 3 aromatic rings. The zero-order chi connectivity index (χ0) is 25.4. The van der Waals surface area contributed by atoms with E-state index in [-0.39, 0.29) is 0 Å². The Morgan fingerprint density at radius 3 is 2.58 bits per heavy atom. The molecule has 3 heterocycles. The molecule has 4 rings (SSSR count). The van der Waals surface area contributed by atoms with Crippen LogP contribution in [0.4, 0.5) is 5.69 Å². The van der Waals surface area contributed by atoms with Gasteiger partial charge in [-0.15, -0.1) is 0 Å². The van der Waals surface area contributed by atoms with Gasteiger partial charge in [0.25, 0.3) is 0 Å². The van der Waals surface area contributed by atoms with Gasteiger partial charge in [-0.3, -0.25) is 0 Å². The molecular formula is C28H36N4O4. The average Bonchev–Trinajstić information content (AvgIpc) is 3.47. The molecule has 1 aliphatic heterocycles. The fourth-order valence-corrected chi connectivity index (χ4v) is 4.58. The second kappa shape index (κ2) is 12.3. The topological polar surface area (TPSA) is 104 Å². The van der Waals surface area contributed by atoms with Gasteiger partial charge >= 0.3 is 0 Å². The first-order valence-electron chi connectivity index (χ1n) is 12.8. The molecule has 0 bridgehead atoms. The molecule has 2 N–H and O–H groups in total. The third-order valence-corrected chi connectivity index (χ3v) is 6.54. The summed E-state index contributed by atoms with van der Waals surface area (Å²) in [5.41, 5.74) is 7.57. The summed E-state index contributed by atoms with van der Waals surface area (Å²) < 4.78 is 27.1. The predicted octanol–water partition coefficient (Wildman–Crippen LogP) is 4.62. The van der Waals surface area contributed by atoms with Crippen LogP contribution >= 0.6 is 0 Å². The summed E-state index contributed by atoms with van der Waals surface area (Å²) in [5.74, 6) is 0. The van der Waals surface area contributed by atoms with E-state index in [1.54, 1.807) is 16.8 Å². The molecule has 0 unspecified atom stereocenters. The molecule has 1 saturated heterocycles. The van der Waals surface area contributed by atoms with Gasteiger partial charge in [0.15, 0.2) is 0 Å². The van der Waals surface area contributed by atoms with E-state index in [1.165, 1.54) is 0 Å². The Hall–Kier alpha value is -2.96. The van der Waals surface area contributed by atoms with Crippen LogP contribution in [0.25, 0.3) is 5.52 Å². The quantitative estimate of drug-likeness (QED) is 0.347. The second-order valence-electron chi connectivity index (χ2n) is 9.14. The Kier molecular flexibility index (Phi) is 8.94. The van der Waals surface area contributed by atoms with E-state index < -0.39 is 23.9 Å². The van der Waals surface area contributed by atoms with Crippen LogP contribution in [0.2, 0.25) is 0 Å². The van der Waals surface area contributed by atoms with E-state index in [0.29, 0.717) is 43.3 Å². The highest BCUT2D eigenvalue weighted by molar-refractivity contribution is 5.69. The smallest absolute Gasteiger partial charge is 0.225 e. The summed E-state index contributed by atoms with van der Waals surface area (Å²) >= 11 is 0. The monoisotopic (exact) mass is 492 g/mol. The molecule has 8 nitrogen and oxygen atoms in total. The van der Waals surface area contributed by atoms with Crippen LogP contribution in [0.5, 0.6) is 0 Å². The van der Waals surface area contributed by atoms with Crippen molar-refractivity contribution in [2.45, 2.75) is 70.1 Å². The highest BCUT2D eigenvalue weighted by atomic mass is 16.6. The van der Waals surface area contributed by atoms with Gasteiger partial charge in [0.05, 0.1) is 30.1 Å². The first-order chi connectivity index (χ1) is 17.6. The van der Waals surface area contributed by atoms with Crippen molar-refractivity contribution in [2.75, 3.05) is 25.6 Å². The minimum Gasteiger partial charge on any atom is -0.397 e. The molecule has 1 aromatic carbocycles. The molecule has 0 spiro atoms. The molecule has 36 heavy (non-hydrogen) atoms. The third kappa shape index (κ3) is 5.40. The zero-order valence-corrected chi connectivity index (χ0v) is 21.1. The van der Waals surface area contributed by atoms with Gasteiger partial charge in [-0.1, -0.05) is 57.0 Å². The molecule has 1 aliphatic rings. The lowest BCUT2D eigenvalue weighted by atomic mass is 9.92. The SMILES string of the molecule is CCCCOC[C@H]1O[C@@](C#N)(c2ccc3c(N)ccnn23)[C@H](OCc2ccccc2)[C@@H]1OCCCC. The average molecular weight is 493 g/mol. The van der Waals surface area contributed by atoms with Crippen LogP contribution in [0.3, 0.4) is 0 Å². The van der Waals surface area contributed by atoms with Gasteiger partial charge in [-0.2, -0.15) is 10.4 Å². The number of fused-ring (bicyclic) bond motifs is 1. The number of nitrogen functional groups attached to an aromatic ring is 1. The third-order valence-electron chi connectivity index (χ3n) is 6.54. The van der Waals surface area contributed by atoms with Gasteiger partial charge in [0.1, 0.15) is 24.4 Å². The summed E-state index contributed by atoms with van der Waals surface area (Å²) in [7, 11) is 0. The zero-order valence-electron chi connectivity index (χ0n) is 21.1. The maximum Gasteiger partial charge on any atom is 0.225 e. The lowest BCUT2D eigenvalue weighted by Crippen LogP contribution is -2.44. The highest BCUT2D eigenvalue weighted by Gasteiger charge is 2.60. The number of ether oxygens (including phenoxy) is 4. The van der Waals surface area contributed by atoms with Crippen molar-refractivity contribution in [3.8, 4) is 6.07 Å². The molecular weight excluding hydrogens is 456 g/mol. The molecule has 2 aromatic heterocycles. The van der Waals surface area contributed by atoms with E-state index in [0.717, 1.165) is 31.2 Å². The number of hydrogen-bond donors (Lipinski definition) is 1. The number of aromatic nitrogens is 2. The van der Waals surface area contributed by atoms with Crippen LogP contribution in [-0.4, -0.2) is 47.7 Å². The summed E-state index contributed by atoms with van der Waals surface area (Å²) in [4.78, 5) is 0. The van der Waals surface area contributed by atoms with Crippen molar-refractivity contribution in [1.29, 1.82) is 5.26 Å². The van der Waals surface area contributed by atoms with E-state index >= 15 is 0 Å². The Labute approximate surface area is 212 Å². The Morgan fingerprint density at radius 2 is 1.83 bits per heavy atom. The van der Waals surface area contributed by atoms with Gasteiger partial charge in [-0.25, -0.2) is 4.52 Å². The lowest BCUT2D eigenvalue weighted by Gasteiger charge is -2.29. The van der Waals surface area contributed by atoms with Crippen LogP contribution < -0.4 is 5.73 Å². The minimum atomic E-state index is -1.46. The number of nitriles is 1. The van der Waals surface area contributed by atoms with Crippen LogP contribution in [0, 0.1) is 11.3 Å². The summed E-state index contributed by atoms with van der Waals surface area (Å²) in [6.45, 7) is 6.03. The van der Waals surface area contributed by atoms with Crippen molar-refractivity contribution in [2.24, 2.45) is 0 Å². The number of anilines is 1. The molecule has 0 radical (unpaired) electrons. The van der Waals surface area contributed by atoms with Crippen molar-refractivity contribution in [1.82, 2.24) is 9.61 Å². The van der Waals surface area contributed by atoms with Gasteiger partial charge in [0, 0.05) is 19.4 Å². The molecule has 0 amide bonds. The number of nitrogens with two attached hydrogens (primary N) is 1. The Morgan fingerprint density at radius 1 is 1.06 bits per heavy atom. The first kappa shape index (κ1) is 26.1. The van der Waals surface area contributed by atoms with E-state index in [9.17, 15) is 5.26 Å². The van der Waals surface area contributed by atoms with Crippen molar-refractivity contribution < 1.29 is 18.9 Å². The summed E-state index contributed by atoms with van der Waals surface area (Å²) in [6.07, 6.45) is 3.83. The van der Waals surface area contributed by atoms with Crippen molar-refractivity contribution in [3.05, 3.63) is 66.0 Å². The van der Waals surface area contributed by atoms with Crippen molar-refractivity contribution >= 4 is 11.2 Å². The molecule has 192 valence electrons. The minimum absolute atomic E-state index is 0.310. The first-order valence-corrected chi connectivity index (χ1v) is 12.8. The van der Waals surface area contributed by atoms with Crippen LogP contribution in [0.15, 0.2) is 54.7 Å². The summed E-state index contributed by atoms with van der Waals surface area (Å²) in [6, 6.07) is 17.8. The number of unbranched alkanes of at least 4 members (excludes halogenated alkanes) is 2. The number of nitrogens with zero attached hydrogens (tertiary/aromatic N) is 3. The molecule has 4 atom stereocenters. The number of hydrogen-bond acceptors (Lipinski definition) is 7. The van der Waals surface area contributed by atoms with Gasteiger partial charge in [0.2, 0.25) is 5.60 Å². The van der Waals surface area contributed by atoms with E-state index in [4.69, 9.17) is 24.7 Å². The number of rotatable bonds is 13. The Bertz CT molecular complexity index is 1150. The maximum absolute atomic E-state index is 10.7. The summed E-state index contributed by atoms with van der Waals surface area (Å²) in [5, 5.41) is 15.2. The van der Waals surface area contributed by atoms with Crippen LogP contribution in [0.1, 0.15) is 50.8 Å². The predicted molar refractivity (Wildman–Crippen MR) is 137 cm³/mol. The van der Waals surface area contributed by atoms with Crippen molar-refractivity contribution in [3.63, 3.8) is 0 Å². The van der Waals surface area contributed by atoms with E-state index in [2.05, 4.69) is 25.0 Å². The van der Waals surface area contributed by atoms with E-state index in [1.807, 2.05) is 42.5 Å². The highest BCUT2D eigenvalue weighted by Crippen LogP contribution is 2.44. The lowest BCUT2D eigenvalue weighted by molar-refractivity contribution is -0.0954. The van der Waals surface area contributed by atoms with Gasteiger partial charge < -0.3 is 24.7 Å². The fourth-order valence-electron chi connectivity index (χ4n) is 4.58. The van der Waals surface area contributed by atoms with Gasteiger partial charge in [-0.05, 0) is 36.6 Å². The Balaban J connectivity index is 1.73. The largest absolute Gasteiger partial charge is 0.397 e. The number of benzene rings is 1. The normalized spacial score (nSPS) is 23.8. The standard InChI is InChI=1S/C28H36N4O4/c1-3-5-16-33-19-24-26(34-17-6-4-2)27(35-18-21-10-8-7-9-11-21)28(20-29,36-24)25-13-12-23-22(30)14-15-31-32(23)25/h7-15,24,26-27H,3-6,16-19,30H2,1-2H3/t24-,26-,27-,28+/m1/s1. The maximum atomic E-state index is 10.7. The second-order valence-corrected chi connectivity index (χ2v) is 9.14.